The summed E-state index contributed by atoms with van der Waals surface area (Å²) in [5.74, 6) is -1.20. The maximum Gasteiger partial charge on any atom is 0.329 e. The lowest BCUT2D eigenvalue weighted by atomic mass is 10.1. The van der Waals surface area contributed by atoms with E-state index in [2.05, 4.69) is 12.0 Å². The minimum Gasteiger partial charge on any atom is -0.494 e. The van der Waals surface area contributed by atoms with Crippen LogP contribution in [0.5, 0.6) is 5.75 Å². The van der Waals surface area contributed by atoms with Gasteiger partial charge < -0.3 is 10.5 Å². The molecule has 1 aromatic carbocycles. The zero-order valence-corrected chi connectivity index (χ0v) is 16.4. The topological polar surface area (TPSA) is 93.8 Å². The highest BCUT2D eigenvalue weighted by molar-refractivity contribution is 6.34. The predicted molar refractivity (Wildman–Crippen MR) is 109 cm³/mol. The number of hydrogen-bond donors (Lipinski definition) is 2. The number of rotatable bonds is 14. The van der Waals surface area contributed by atoms with Gasteiger partial charge in [0.2, 0.25) is 0 Å². The van der Waals surface area contributed by atoms with Gasteiger partial charge in [0.15, 0.2) is 0 Å². The lowest BCUT2D eigenvalue weighted by Gasteiger charge is -2.06. The van der Waals surface area contributed by atoms with E-state index < -0.39 is 11.8 Å². The molecule has 0 heterocycles. The van der Waals surface area contributed by atoms with E-state index in [4.69, 9.17) is 10.5 Å². The van der Waals surface area contributed by atoms with E-state index in [0.29, 0.717) is 0 Å². The monoisotopic (exact) mass is 375 g/mol. The highest BCUT2D eigenvalue weighted by atomic mass is 16.5. The summed E-state index contributed by atoms with van der Waals surface area (Å²) in [5, 5.41) is 3.66. The van der Waals surface area contributed by atoms with Crippen molar-refractivity contribution in [3.63, 3.8) is 0 Å². The molecule has 2 amide bonds. The minimum atomic E-state index is -1.07. The van der Waals surface area contributed by atoms with E-state index in [1.165, 1.54) is 64.0 Å². The zero-order valence-electron chi connectivity index (χ0n) is 16.4. The van der Waals surface area contributed by atoms with Crippen molar-refractivity contribution in [1.82, 2.24) is 5.43 Å². The number of carbonyl (C=O) groups excluding carboxylic acids is 2. The molecular formula is C21H33N3O3. The number of hydrogen-bond acceptors (Lipinski definition) is 4. The lowest BCUT2D eigenvalue weighted by molar-refractivity contribution is -0.137. The summed E-state index contributed by atoms with van der Waals surface area (Å²) in [6, 6.07) is 7.36. The average molecular weight is 376 g/mol. The molecule has 0 radical (unpaired) electrons. The van der Waals surface area contributed by atoms with Crippen molar-refractivity contribution in [1.29, 1.82) is 0 Å². The maximum absolute atomic E-state index is 11.0. The van der Waals surface area contributed by atoms with Crippen LogP contribution in [0.2, 0.25) is 0 Å². The molecule has 27 heavy (non-hydrogen) atoms. The van der Waals surface area contributed by atoms with Gasteiger partial charge in [-0.3, -0.25) is 9.59 Å². The molecule has 6 heteroatoms. The van der Waals surface area contributed by atoms with Crippen LogP contribution in [0.3, 0.4) is 0 Å². The van der Waals surface area contributed by atoms with Crippen LogP contribution in [0.15, 0.2) is 29.4 Å². The molecule has 0 saturated carbocycles. The standard InChI is InChI=1S/C21H33N3O3/c1-2-3-4-5-6-7-8-9-10-11-16-27-19-14-12-18(13-15-19)17-23-24-21(26)20(22)25/h12-15,17H,2-11,16H2,1H3,(H2,22,25)(H,24,26). The Balaban J connectivity index is 2.07. The molecule has 0 fully saturated rings. The number of benzene rings is 1. The van der Waals surface area contributed by atoms with Gasteiger partial charge in [-0.1, -0.05) is 64.7 Å². The molecule has 6 nitrogen and oxygen atoms in total. The van der Waals surface area contributed by atoms with E-state index in [0.717, 1.165) is 24.3 Å². The SMILES string of the molecule is CCCCCCCCCCCCOc1ccc(C=NNC(=O)C(N)=O)cc1. The predicted octanol–water partition coefficient (Wildman–Crippen LogP) is 3.92. The van der Waals surface area contributed by atoms with Crippen LogP contribution >= 0.6 is 0 Å². The van der Waals surface area contributed by atoms with E-state index in [1.54, 1.807) is 0 Å². The Kier molecular flexibility index (Phi) is 12.4. The zero-order chi connectivity index (χ0) is 19.7. The average Bonchev–Trinajstić information content (AvgIpc) is 2.67. The van der Waals surface area contributed by atoms with Crippen molar-refractivity contribution >= 4 is 18.0 Å². The first-order valence-electron chi connectivity index (χ1n) is 9.99. The van der Waals surface area contributed by atoms with E-state index in [-0.39, 0.29) is 0 Å². The van der Waals surface area contributed by atoms with Crippen molar-refractivity contribution in [2.45, 2.75) is 71.1 Å². The lowest BCUT2D eigenvalue weighted by Crippen LogP contribution is -2.32. The number of unbranched alkanes of at least 4 members (excludes halogenated alkanes) is 9. The van der Waals surface area contributed by atoms with Crippen molar-refractivity contribution in [3.8, 4) is 5.75 Å². The van der Waals surface area contributed by atoms with Crippen LogP contribution in [0.4, 0.5) is 0 Å². The van der Waals surface area contributed by atoms with Gasteiger partial charge in [0.1, 0.15) is 5.75 Å². The highest BCUT2D eigenvalue weighted by Gasteiger charge is 2.05. The molecule has 0 bridgehead atoms. The van der Waals surface area contributed by atoms with Crippen LogP contribution < -0.4 is 15.9 Å². The second kappa shape index (κ2) is 14.8. The van der Waals surface area contributed by atoms with Gasteiger partial charge >= 0.3 is 11.8 Å². The van der Waals surface area contributed by atoms with Gasteiger partial charge in [-0.05, 0) is 36.2 Å². The molecule has 0 spiro atoms. The first-order valence-corrected chi connectivity index (χ1v) is 9.99. The highest BCUT2D eigenvalue weighted by Crippen LogP contribution is 2.13. The minimum absolute atomic E-state index is 0.721. The molecule has 3 N–H and O–H groups in total. The summed E-state index contributed by atoms with van der Waals surface area (Å²) in [6.45, 7) is 2.97. The van der Waals surface area contributed by atoms with Crippen LogP contribution in [-0.2, 0) is 9.59 Å². The summed E-state index contributed by atoms with van der Waals surface area (Å²) >= 11 is 0. The quantitative estimate of drug-likeness (QED) is 0.223. The van der Waals surface area contributed by atoms with Gasteiger partial charge in [-0.15, -0.1) is 0 Å². The molecule has 1 rings (SSSR count). The number of nitrogens with two attached hydrogens (primary N) is 1. The van der Waals surface area contributed by atoms with Gasteiger partial charge in [-0.2, -0.15) is 5.10 Å². The van der Waals surface area contributed by atoms with Crippen LogP contribution in [0.1, 0.15) is 76.7 Å². The maximum atomic E-state index is 11.0. The Bertz CT molecular complexity index is 571. The second-order valence-electron chi connectivity index (χ2n) is 6.66. The largest absolute Gasteiger partial charge is 0.494 e. The molecule has 150 valence electrons. The van der Waals surface area contributed by atoms with Crippen LogP contribution in [-0.4, -0.2) is 24.6 Å². The number of carbonyl (C=O) groups is 2. The Hall–Kier alpha value is -2.37. The summed E-state index contributed by atoms with van der Waals surface area (Å²) in [7, 11) is 0. The Labute approximate surface area is 162 Å². The Morgan fingerprint density at radius 3 is 2.07 bits per heavy atom. The number of hydrazone groups is 1. The smallest absolute Gasteiger partial charge is 0.329 e. The van der Waals surface area contributed by atoms with E-state index in [9.17, 15) is 9.59 Å². The van der Waals surface area contributed by atoms with Crippen molar-refractivity contribution in [2.24, 2.45) is 10.8 Å². The normalized spacial score (nSPS) is 10.9. The molecule has 0 aliphatic heterocycles. The van der Waals surface area contributed by atoms with Crippen molar-refractivity contribution in [3.05, 3.63) is 29.8 Å². The van der Waals surface area contributed by atoms with Crippen molar-refractivity contribution in [2.75, 3.05) is 6.61 Å². The van der Waals surface area contributed by atoms with E-state index >= 15 is 0 Å². The molecule has 0 aromatic heterocycles. The third-order valence-corrected chi connectivity index (χ3v) is 4.25. The fourth-order valence-corrected chi connectivity index (χ4v) is 2.65. The molecular weight excluding hydrogens is 342 g/mol. The molecule has 1 aromatic rings. The fourth-order valence-electron chi connectivity index (χ4n) is 2.65. The molecule has 0 saturated heterocycles. The van der Waals surface area contributed by atoms with E-state index in [1.807, 2.05) is 29.7 Å². The number of nitrogens with one attached hydrogen (secondary N) is 1. The van der Waals surface area contributed by atoms with Crippen LogP contribution in [0.25, 0.3) is 0 Å². The molecule has 0 aliphatic carbocycles. The number of primary amides is 1. The second-order valence-corrected chi connectivity index (χ2v) is 6.66. The molecule has 0 aliphatic rings. The summed E-state index contributed by atoms with van der Waals surface area (Å²) in [5.41, 5.74) is 7.64. The third-order valence-electron chi connectivity index (χ3n) is 4.25. The summed E-state index contributed by atoms with van der Waals surface area (Å²) in [6.07, 6.45) is 14.5. The first-order chi connectivity index (χ1) is 13.1. The number of nitrogens with zero attached hydrogens (tertiary/aromatic N) is 1. The number of ether oxygens (including phenoxy) is 1. The molecule has 0 unspecified atom stereocenters. The fraction of sp³-hybridized carbons (Fsp3) is 0.571. The van der Waals surface area contributed by atoms with Gasteiger partial charge in [0, 0.05) is 0 Å². The summed E-state index contributed by atoms with van der Waals surface area (Å²) in [4.78, 5) is 21.5. The number of amides is 2. The van der Waals surface area contributed by atoms with Gasteiger partial charge in [-0.25, -0.2) is 5.43 Å². The summed E-state index contributed by atoms with van der Waals surface area (Å²) < 4.78 is 5.73. The molecule has 0 atom stereocenters. The van der Waals surface area contributed by atoms with Gasteiger partial charge in [0.05, 0.1) is 12.8 Å². The van der Waals surface area contributed by atoms with Crippen LogP contribution in [0, 0.1) is 0 Å². The third kappa shape index (κ3) is 11.8. The first kappa shape index (κ1) is 22.7. The Morgan fingerprint density at radius 1 is 0.963 bits per heavy atom. The van der Waals surface area contributed by atoms with Crippen molar-refractivity contribution < 1.29 is 14.3 Å². The Morgan fingerprint density at radius 2 is 1.52 bits per heavy atom. The van der Waals surface area contributed by atoms with Gasteiger partial charge in [0.25, 0.3) is 0 Å².